The van der Waals surface area contributed by atoms with Crippen molar-refractivity contribution in [3.8, 4) is 0 Å². The van der Waals surface area contributed by atoms with Crippen LogP contribution in [0.2, 0.25) is 0 Å². The highest BCUT2D eigenvalue weighted by Crippen LogP contribution is 2.17. The third-order valence-electron chi connectivity index (χ3n) is 1.28. The Morgan fingerprint density at radius 1 is 1.50 bits per heavy atom. The number of hydrogen-bond donors (Lipinski definition) is 1. The first-order valence-electron chi connectivity index (χ1n) is 3.30. The Hall–Kier alpha value is -1.09. The molecule has 0 aromatic carbocycles. The highest BCUT2D eigenvalue weighted by Gasteiger charge is 2.28. The van der Waals surface area contributed by atoms with Crippen molar-refractivity contribution in [1.29, 1.82) is 0 Å². The van der Waals surface area contributed by atoms with E-state index in [0.29, 0.717) is 4.68 Å². The zero-order valence-electron chi connectivity index (χ0n) is 6.69. The molecule has 5 nitrogen and oxygen atoms in total. The van der Waals surface area contributed by atoms with E-state index in [1.807, 2.05) is 0 Å². The second-order valence-electron chi connectivity index (χ2n) is 2.53. The van der Waals surface area contributed by atoms with Gasteiger partial charge in [-0.25, -0.2) is 13.6 Å². The lowest BCUT2D eigenvalue weighted by atomic mass is 10.6. The minimum Gasteiger partial charge on any atom is -0.262 e. The van der Waals surface area contributed by atoms with Crippen LogP contribution in [0.4, 0.5) is 13.2 Å². The molecule has 0 atom stereocenters. The molecule has 0 aliphatic carbocycles. The summed E-state index contributed by atoms with van der Waals surface area (Å²) >= 11 is 0. The summed E-state index contributed by atoms with van der Waals surface area (Å²) in [7, 11) is -3.99. The van der Waals surface area contributed by atoms with Crippen LogP contribution in [0, 0.1) is 0 Å². The monoisotopic (exact) mass is 229 g/mol. The van der Waals surface area contributed by atoms with Gasteiger partial charge in [0.15, 0.2) is 0 Å². The molecule has 9 heteroatoms. The SMILES string of the molecule is NS(=O)(=O)c1cnn(CC(F)(F)F)c1. The van der Waals surface area contributed by atoms with Gasteiger partial charge in [0, 0.05) is 6.20 Å². The minimum atomic E-state index is -4.44. The van der Waals surface area contributed by atoms with Gasteiger partial charge in [0.25, 0.3) is 0 Å². The fourth-order valence-electron chi connectivity index (χ4n) is 0.762. The Morgan fingerprint density at radius 3 is 2.43 bits per heavy atom. The number of nitrogens with zero attached hydrogens (tertiary/aromatic N) is 2. The smallest absolute Gasteiger partial charge is 0.262 e. The van der Waals surface area contributed by atoms with Crippen molar-refractivity contribution in [2.75, 3.05) is 0 Å². The lowest BCUT2D eigenvalue weighted by molar-refractivity contribution is -0.142. The third kappa shape index (κ3) is 3.00. The van der Waals surface area contributed by atoms with Crippen LogP contribution >= 0.6 is 0 Å². The first kappa shape index (κ1) is 11.0. The number of alkyl halides is 3. The number of sulfonamides is 1. The van der Waals surface area contributed by atoms with Gasteiger partial charge in [-0.05, 0) is 0 Å². The molecule has 0 radical (unpaired) electrons. The van der Waals surface area contributed by atoms with Crippen molar-refractivity contribution in [1.82, 2.24) is 9.78 Å². The predicted octanol–water partition coefficient (Wildman–Crippen LogP) is 0.0928. The summed E-state index contributed by atoms with van der Waals surface area (Å²) in [5.41, 5.74) is 0. The molecule has 1 aromatic heterocycles. The van der Waals surface area contributed by atoms with Crippen LogP contribution in [0.15, 0.2) is 17.3 Å². The zero-order chi connectivity index (χ0) is 11.0. The molecule has 0 spiro atoms. The maximum Gasteiger partial charge on any atom is 0.408 e. The van der Waals surface area contributed by atoms with Crippen LogP contribution in [0.25, 0.3) is 0 Å². The second-order valence-corrected chi connectivity index (χ2v) is 4.10. The number of hydrogen-bond acceptors (Lipinski definition) is 3. The lowest BCUT2D eigenvalue weighted by Gasteiger charge is -2.04. The largest absolute Gasteiger partial charge is 0.408 e. The Bertz CT molecular complexity index is 422. The number of primary sulfonamides is 1. The number of rotatable bonds is 2. The molecule has 1 heterocycles. The summed E-state index contributed by atoms with van der Waals surface area (Å²) in [5, 5.41) is 7.88. The fraction of sp³-hybridized carbons (Fsp3) is 0.400. The van der Waals surface area contributed by atoms with E-state index in [4.69, 9.17) is 0 Å². The van der Waals surface area contributed by atoms with Crippen molar-refractivity contribution in [3.63, 3.8) is 0 Å². The van der Waals surface area contributed by atoms with Crippen LogP contribution in [0.5, 0.6) is 0 Å². The molecule has 80 valence electrons. The predicted molar refractivity (Wildman–Crippen MR) is 39.7 cm³/mol. The standard InChI is InChI=1S/C5H6F3N3O2S/c6-5(7,8)3-11-2-4(1-10-11)14(9,12)13/h1-2H,3H2,(H2,9,12,13). The van der Waals surface area contributed by atoms with E-state index >= 15 is 0 Å². The summed E-state index contributed by atoms with van der Waals surface area (Å²) in [6, 6.07) is 0. The van der Waals surface area contributed by atoms with Crippen LogP contribution in [0.3, 0.4) is 0 Å². The van der Waals surface area contributed by atoms with Gasteiger partial charge in [-0.2, -0.15) is 18.3 Å². The van der Waals surface area contributed by atoms with Crippen LogP contribution in [0.1, 0.15) is 0 Å². The Morgan fingerprint density at radius 2 is 2.07 bits per heavy atom. The number of aromatic nitrogens is 2. The Balaban J connectivity index is 2.90. The van der Waals surface area contributed by atoms with E-state index in [0.717, 1.165) is 12.4 Å². The zero-order valence-corrected chi connectivity index (χ0v) is 7.51. The van der Waals surface area contributed by atoms with Crippen molar-refractivity contribution in [3.05, 3.63) is 12.4 Å². The highest BCUT2D eigenvalue weighted by atomic mass is 32.2. The van der Waals surface area contributed by atoms with Crippen molar-refractivity contribution in [2.24, 2.45) is 5.14 Å². The maximum atomic E-state index is 11.8. The molecule has 14 heavy (non-hydrogen) atoms. The van der Waals surface area contributed by atoms with Crippen molar-refractivity contribution < 1.29 is 21.6 Å². The third-order valence-corrected chi connectivity index (χ3v) is 2.15. The lowest BCUT2D eigenvalue weighted by Crippen LogP contribution is -2.18. The molecule has 0 aliphatic rings. The summed E-state index contributed by atoms with van der Waals surface area (Å²) in [4.78, 5) is -0.443. The first-order chi connectivity index (χ1) is 6.18. The molecule has 1 aromatic rings. The molecule has 2 N–H and O–H groups in total. The molecule has 1 rings (SSSR count). The van der Waals surface area contributed by atoms with Gasteiger partial charge in [-0.15, -0.1) is 0 Å². The van der Waals surface area contributed by atoms with Gasteiger partial charge in [0.05, 0.1) is 6.20 Å². The molecule has 0 aliphatic heterocycles. The quantitative estimate of drug-likeness (QED) is 0.780. The molecule has 0 saturated carbocycles. The highest BCUT2D eigenvalue weighted by molar-refractivity contribution is 7.89. The molecular formula is C5H6F3N3O2S. The number of halogens is 3. The van der Waals surface area contributed by atoms with Gasteiger partial charge in [-0.3, -0.25) is 4.68 Å². The van der Waals surface area contributed by atoms with E-state index in [9.17, 15) is 21.6 Å². The summed E-state index contributed by atoms with van der Waals surface area (Å²) in [6.07, 6.45) is -2.95. The van der Waals surface area contributed by atoms with E-state index in [2.05, 4.69) is 10.2 Å². The van der Waals surface area contributed by atoms with Gasteiger partial charge < -0.3 is 0 Å². The summed E-state index contributed by atoms with van der Waals surface area (Å²) < 4.78 is 57.2. The van der Waals surface area contributed by atoms with Gasteiger partial charge in [-0.1, -0.05) is 0 Å². The second kappa shape index (κ2) is 3.24. The molecule has 0 bridgehead atoms. The topological polar surface area (TPSA) is 78.0 Å². The average Bonchev–Trinajstić information content (AvgIpc) is 2.29. The van der Waals surface area contributed by atoms with Crippen molar-refractivity contribution in [2.45, 2.75) is 17.6 Å². The molecular weight excluding hydrogens is 223 g/mol. The average molecular weight is 229 g/mol. The first-order valence-corrected chi connectivity index (χ1v) is 4.85. The molecule has 0 fully saturated rings. The maximum absolute atomic E-state index is 11.8. The molecule has 0 unspecified atom stereocenters. The Labute approximate surface area is 77.4 Å². The fourth-order valence-corrected chi connectivity index (χ4v) is 1.22. The van der Waals surface area contributed by atoms with Gasteiger partial charge >= 0.3 is 6.18 Å². The van der Waals surface area contributed by atoms with E-state index < -0.39 is 27.6 Å². The van der Waals surface area contributed by atoms with Gasteiger partial charge in [0.1, 0.15) is 11.4 Å². The Kier molecular flexibility index (Phi) is 2.54. The van der Waals surface area contributed by atoms with Gasteiger partial charge in [0.2, 0.25) is 10.0 Å². The van der Waals surface area contributed by atoms with Crippen LogP contribution in [-0.2, 0) is 16.6 Å². The summed E-state index contributed by atoms with van der Waals surface area (Å²) in [5.74, 6) is 0. The van der Waals surface area contributed by atoms with Crippen LogP contribution < -0.4 is 5.14 Å². The van der Waals surface area contributed by atoms with Crippen LogP contribution in [-0.4, -0.2) is 24.4 Å². The van der Waals surface area contributed by atoms with E-state index in [1.165, 1.54) is 0 Å². The van der Waals surface area contributed by atoms with E-state index in [-0.39, 0.29) is 0 Å². The van der Waals surface area contributed by atoms with E-state index in [1.54, 1.807) is 0 Å². The van der Waals surface area contributed by atoms with Crippen molar-refractivity contribution >= 4 is 10.0 Å². The minimum absolute atomic E-state index is 0.443. The number of nitrogens with two attached hydrogens (primary N) is 1. The normalized spacial score (nSPS) is 13.1. The summed E-state index contributed by atoms with van der Waals surface area (Å²) in [6.45, 7) is -1.34. The molecule has 0 amide bonds. The molecule has 0 saturated heterocycles.